The van der Waals surface area contributed by atoms with Crippen molar-refractivity contribution >= 4 is 17.5 Å². The van der Waals surface area contributed by atoms with Gasteiger partial charge in [-0.15, -0.1) is 0 Å². The van der Waals surface area contributed by atoms with E-state index in [1.54, 1.807) is 4.90 Å². The number of ether oxygens (including phenoxy) is 1. The van der Waals surface area contributed by atoms with Crippen LogP contribution in [0.4, 0.5) is 5.69 Å². The molecule has 27 heavy (non-hydrogen) atoms. The van der Waals surface area contributed by atoms with Crippen LogP contribution in [0.25, 0.3) is 0 Å². The van der Waals surface area contributed by atoms with E-state index in [2.05, 4.69) is 12.2 Å². The van der Waals surface area contributed by atoms with Crippen molar-refractivity contribution in [3.05, 3.63) is 24.3 Å². The summed E-state index contributed by atoms with van der Waals surface area (Å²) < 4.78 is 5.65. The van der Waals surface area contributed by atoms with Crippen LogP contribution in [0, 0.1) is 11.8 Å². The number of nitrogens with zero attached hydrogens (tertiary/aromatic N) is 1. The molecule has 2 aliphatic rings. The molecule has 1 aromatic rings. The standard InChI is InChI=1S/C22H32N2O3/c1-4-16-5-7-18(8-6-16)23-22(26)17-13-21(25)24(14-17)19-9-11-20(12-10-19)27-15(2)3/h9-12,15-18H,4-8,13-14H2,1-3H3,(H,23,26)/t16?,17-,18?/m1/s1. The Morgan fingerprint density at radius 3 is 2.44 bits per heavy atom. The van der Waals surface area contributed by atoms with Crippen LogP contribution in [0.15, 0.2) is 24.3 Å². The molecule has 5 heteroatoms. The summed E-state index contributed by atoms with van der Waals surface area (Å²) in [6.45, 7) is 6.66. The summed E-state index contributed by atoms with van der Waals surface area (Å²) in [5.41, 5.74) is 0.829. The summed E-state index contributed by atoms with van der Waals surface area (Å²) >= 11 is 0. The molecule has 1 saturated heterocycles. The Balaban J connectivity index is 1.54. The first-order valence-electron chi connectivity index (χ1n) is 10.3. The summed E-state index contributed by atoms with van der Waals surface area (Å²) in [6.07, 6.45) is 6.15. The lowest BCUT2D eigenvalue weighted by molar-refractivity contribution is -0.127. The van der Waals surface area contributed by atoms with Crippen molar-refractivity contribution in [2.45, 2.75) is 71.4 Å². The van der Waals surface area contributed by atoms with E-state index in [0.717, 1.165) is 30.2 Å². The van der Waals surface area contributed by atoms with Crippen molar-refractivity contribution in [2.24, 2.45) is 11.8 Å². The predicted molar refractivity (Wildman–Crippen MR) is 107 cm³/mol. The first-order valence-corrected chi connectivity index (χ1v) is 10.3. The van der Waals surface area contributed by atoms with Gasteiger partial charge in [-0.25, -0.2) is 0 Å². The Morgan fingerprint density at radius 1 is 1.19 bits per heavy atom. The number of benzene rings is 1. The SMILES string of the molecule is CCC1CCC(NC(=O)[C@@H]2CC(=O)N(c3ccc(OC(C)C)cc3)C2)CC1. The first-order chi connectivity index (χ1) is 13.0. The topological polar surface area (TPSA) is 58.6 Å². The van der Waals surface area contributed by atoms with E-state index in [4.69, 9.17) is 4.74 Å². The molecule has 1 atom stereocenters. The molecule has 0 radical (unpaired) electrons. The Morgan fingerprint density at radius 2 is 1.85 bits per heavy atom. The fourth-order valence-corrected chi connectivity index (χ4v) is 4.14. The molecule has 1 aliphatic carbocycles. The minimum Gasteiger partial charge on any atom is -0.491 e. The van der Waals surface area contributed by atoms with Gasteiger partial charge in [0.1, 0.15) is 5.75 Å². The van der Waals surface area contributed by atoms with Gasteiger partial charge in [-0.3, -0.25) is 9.59 Å². The lowest BCUT2D eigenvalue weighted by atomic mass is 9.84. The fourth-order valence-electron chi connectivity index (χ4n) is 4.14. The highest BCUT2D eigenvalue weighted by atomic mass is 16.5. The number of hydrogen-bond acceptors (Lipinski definition) is 3. The summed E-state index contributed by atoms with van der Waals surface area (Å²) in [7, 11) is 0. The number of nitrogens with one attached hydrogen (secondary N) is 1. The molecule has 0 spiro atoms. The van der Waals surface area contributed by atoms with Gasteiger partial charge in [0.15, 0.2) is 0 Å². The van der Waals surface area contributed by atoms with Crippen LogP contribution in [0.5, 0.6) is 5.75 Å². The molecule has 1 N–H and O–H groups in total. The average Bonchev–Trinajstić information content (AvgIpc) is 3.04. The average molecular weight is 373 g/mol. The molecule has 148 valence electrons. The third kappa shape index (κ3) is 5.02. The molecule has 5 nitrogen and oxygen atoms in total. The minimum absolute atomic E-state index is 0.0161. The van der Waals surface area contributed by atoms with Crippen molar-refractivity contribution in [3.8, 4) is 5.75 Å². The number of hydrogen-bond donors (Lipinski definition) is 1. The third-order valence-corrected chi connectivity index (χ3v) is 5.79. The molecule has 1 heterocycles. The number of amides is 2. The Kier molecular flexibility index (Phi) is 6.40. The summed E-state index contributed by atoms with van der Waals surface area (Å²) in [5.74, 6) is 1.39. The molecule has 0 unspecified atom stereocenters. The zero-order chi connectivity index (χ0) is 19.4. The van der Waals surface area contributed by atoms with Crippen molar-refractivity contribution in [3.63, 3.8) is 0 Å². The summed E-state index contributed by atoms with van der Waals surface area (Å²) in [5, 5.41) is 3.19. The van der Waals surface area contributed by atoms with Gasteiger partial charge in [0.2, 0.25) is 11.8 Å². The molecule has 3 rings (SSSR count). The molecular formula is C22H32N2O3. The number of rotatable bonds is 6. The number of anilines is 1. The van der Waals surface area contributed by atoms with E-state index in [0.29, 0.717) is 13.0 Å². The number of carbonyl (C=O) groups is 2. The van der Waals surface area contributed by atoms with Gasteiger partial charge < -0.3 is 15.0 Å². The van der Waals surface area contributed by atoms with E-state index in [1.165, 1.54) is 19.3 Å². The van der Waals surface area contributed by atoms with Gasteiger partial charge in [0.25, 0.3) is 0 Å². The highest BCUT2D eigenvalue weighted by molar-refractivity contribution is 6.00. The lowest BCUT2D eigenvalue weighted by Crippen LogP contribution is -2.41. The Hall–Kier alpha value is -2.04. The van der Waals surface area contributed by atoms with Crippen LogP contribution in [-0.2, 0) is 9.59 Å². The Bertz CT molecular complexity index is 648. The quantitative estimate of drug-likeness (QED) is 0.824. The van der Waals surface area contributed by atoms with Gasteiger partial charge in [-0.1, -0.05) is 13.3 Å². The predicted octanol–water partition coefficient (Wildman–Crippen LogP) is 3.91. The van der Waals surface area contributed by atoms with Crippen molar-refractivity contribution < 1.29 is 14.3 Å². The molecule has 1 aromatic carbocycles. The molecule has 1 saturated carbocycles. The normalized spacial score (nSPS) is 25.7. The second-order valence-corrected chi connectivity index (χ2v) is 8.20. The maximum absolute atomic E-state index is 12.7. The number of carbonyl (C=O) groups excluding carboxylic acids is 2. The third-order valence-electron chi connectivity index (χ3n) is 5.79. The fraction of sp³-hybridized carbons (Fsp3) is 0.636. The zero-order valence-corrected chi connectivity index (χ0v) is 16.7. The highest BCUT2D eigenvalue weighted by Crippen LogP contribution is 2.29. The van der Waals surface area contributed by atoms with Crippen LogP contribution in [0.2, 0.25) is 0 Å². The van der Waals surface area contributed by atoms with Gasteiger partial charge in [0, 0.05) is 24.7 Å². The molecule has 0 aromatic heterocycles. The molecule has 1 aliphatic heterocycles. The Labute approximate surface area is 162 Å². The molecular weight excluding hydrogens is 340 g/mol. The second kappa shape index (κ2) is 8.77. The van der Waals surface area contributed by atoms with E-state index >= 15 is 0 Å². The van der Waals surface area contributed by atoms with Crippen LogP contribution < -0.4 is 15.0 Å². The van der Waals surface area contributed by atoms with Crippen molar-refractivity contribution in [1.29, 1.82) is 0 Å². The van der Waals surface area contributed by atoms with Gasteiger partial charge >= 0.3 is 0 Å². The maximum atomic E-state index is 12.7. The lowest BCUT2D eigenvalue weighted by Gasteiger charge is -2.29. The molecule has 0 bridgehead atoms. The molecule has 2 amide bonds. The van der Waals surface area contributed by atoms with Crippen LogP contribution in [0.1, 0.15) is 59.3 Å². The van der Waals surface area contributed by atoms with Gasteiger partial charge in [-0.2, -0.15) is 0 Å². The molecule has 2 fully saturated rings. The summed E-state index contributed by atoms with van der Waals surface area (Å²) in [4.78, 5) is 26.8. The van der Waals surface area contributed by atoms with Gasteiger partial charge in [0.05, 0.1) is 12.0 Å². The largest absolute Gasteiger partial charge is 0.491 e. The highest BCUT2D eigenvalue weighted by Gasteiger charge is 2.36. The maximum Gasteiger partial charge on any atom is 0.227 e. The summed E-state index contributed by atoms with van der Waals surface area (Å²) in [6, 6.07) is 7.81. The van der Waals surface area contributed by atoms with E-state index in [9.17, 15) is 9.59 Å². The monoisotopic (exact) mass is 372 g/mol. The minimum atomic E-state index is -0.256. The smallest absolute Gasteiger partial charge is 0.227 e. The van der Waals surface area contributed by atoms with Crippen LogP contribution in [0.3, 0.4) is 0 Å². The second-order valence-electron chi connectivity index (χ2n) is 8.20. The van der Waals surface area contributed by atoms with Gasteiger partial charge in [-0.05, 0) is 69.7 Å². The van der Waals surface area contributed by atoms with E-state index in [-0.39, 0.29) is 29.9 Å². The van der Waals surface area contributed by atoms with E-state index in [1.807, 2.05) is 38.1 Å². The van der Waals surface area contributed by atoms with Crippen LogP contribution in [-0.4, -0.2) is 30.5 Å². The first kappa shape index (κ1) is 19.7. The zero-order valence-electron chi connectivity index (χ0n) is 16.7. The van der Waals surface area contributed by atoms with Crippen molar-refractivity contribution in [1.82, 2.24) is 5.32 Å². The van der Waals surface area contributed by atoms with E-state index < -0.39 is 0 Å². The van der Waals surface area contributed by atoms with Crippen molar-refractivity contribution in [2.75, 3.05) is 11.4 Å². The van der Waals surface area contributed by atoms with Crippen LogP contribution >= 0.6 is 0 Å².